The van der Waals surface area contributed by atoms with E-state index in [1.807, 2.05) is 0 Å². The van der Waals surface area contributed by atoms with Crippen LogP contribution in [0.1, 0.15) is 0 Å². The highest BCUT2D eigenvalue weighted by Gasteiger charge is 2.24. The van der Waals surface area contributed by atoms with Crippen LogP contribution in [0.4, 0.5) is 0 Å². The molecule has 0 radical (unpaired) electrons. The highest BCUT2D eigenvalue weighted by molar-refractivity contribution is 7.91. The predicted molar refractivity (Wildman–Crippen MR) is 91.0 cm³/mol. The van der Waals surface area contributed by atoms with Crippen molar-refractivity contribution in [3.63, 3.8) is 0 Å². The Bertz CT molecular complexity index is 1200. The molecule has 0 aliphatic rings. The van der Waals surface area contributed by atoms with Gasteiger partial charge in [-0.25, -0.2) is 13.2 Å². The molecule has 3 aromatic rings. The molecular formula is C16H14N2O7S. The van der Waals surface area contributed by atoms with E-state index in [2.05, 4.69) is 4.98 Å². The summed E-state index contributed by atoms with van der Waals surface area (Å²) in [6.45, 7) is 0. The zero-order valence-corrected chi connectivity index (χ0v) is 14.5. The van der Waals surface area contributed by atoms with Crippen LogP contribution in [0.2, 0.25) is 0 Å². The molecule has 0 amide bonds. The minimum Gasteiger partial charge on any atom is -0.497 e. The molecule has 0 bridgehead atoms. The van der Waals surface area contributed by atoms with Gasteiger partial charge in [-0.15, -0.1) is 0 Å². The zero-order chi connectivity index (χ0) is 19.1. The molecule has 0 aliphatic carbocycles. The van der Waals surface area contributed by atoms with Crippen molar-refractivity contribution in [3.8, 4) is 11.5 Å². The SMILES string of the molecule is COc1cc(OC)cc(S(=O)(=O)c2cccc3c(=O)n(O)c(=O)[nH]c23)c1. The van der Waals surface area contributed by atoms with Crippen LogP contribution in [-0.2, 0) is 9.84 Å². The number of aromatic amines is 1. The number of hydrogen-bond donors (Lipinski definition) is 2. The van der Waals surface area contributed by atoms with Crippen molar-refractivity contribution in [2.24, 2.45) is 0 Å². The molecule has 136 valence electrons. The summed E-state index contributed by atoms with van der Waals surface area (Å²) in [5, 5.41) is 9.28. The van der Waals surface area contributed by atoms with E-state index in [1.165, 1.54) is 50.6 Å². The van der Waals surface area contributed by atoms with E-state index in [9.17, 15) is 23.2 Å². The number of nitrogens with zero attached hydrogens (tertiary/aromatic N) is 1. The van der Waals surface area contributed by atoms with Crippen LogP contribution in [0.3, 0.4) is 0 Å². The van der Waals surface area contributed by atoms with Gasteiger partial charge < -0.3 is 19.7 Å². The number of nitrogens with one attached hydrogen (secondary N) is 1. The smallest absolute Gasteiger partial charge is 0.362 e. The first-order chi connectivity index (χ1) is 12.3. The van der Waals surface area contributed by atoms with Crippen molar-refractivity contribution < 1.29 is 23.1 Å². The third-order valence-corrected chi connectivity index (χ3v) is 5.57. The van der Waals surface area contributed by atoms with Crippen molar-refractivity contribution in [1.29, 1.82) is 0 Å². The van der Waals surface area contributed by atoms with Gasteiger partial charge in [0.2, 0.25) is 9.84 Å². The lowest BCUT2D eigenvalue weighted by atomic mass is 10.2. The fourth-order valence-electron chi connectivity index (χ4n) is 2.49. The third kappa shape index (κ3) is 2.69. The van der Waals surface area contributed by atoms with Crippen LogP contribution in [0.15, 0.2) is 55.8 Å². The minimum absolute atomic E-state index is 0.118. The summed E-state index contributed by atoms with van der Waals surface area (Å²) in [4.78, 5) is 25.5. The van der Waals surface area contributed by atoms with E-state index < -0.39 is 21.1 Å². The molecule has 1 aromatic heterocycles. The van der Waals surface area contributed by atoms with E-state index >= 15 is 0 Å². The number of aromatic nitrogens is 2. The highest BCUT2D eigenvalue weighted by atomic mass is 32.2. The molecule has 0 saturated carbocycles. The second kappa shape index (κ2) is 6.23. The lowest BCUT2D eigenvalue weighted by molar-refractivity contribution is 0.162. The van der Waals surface area contributed by atoms with Crippen LogP contribution < -0.4 is 20.7 Å². The molecule has 0 aliphatic heterocycles. The normalized spacial score (nSPS) is 11.5. The standard InChI is InChI=1S/C16H14N2O7S/c1-24-9-6-10(25-2)8-11(7-9)26(22,23)13-5-3-4-12-14(13)17-16(20)18(21)15(12)19/h3-8,21H,1-2H3,(H,17,20). The number of ether oxygens (including phenoxy) is 2. The number of H-pyrrole nitrogens is 1. The van der Waals surface area contributed by atoms with Gasteiger partial charge in [0.05, 0.1) is 34.9 Å². The number of hydrogen-bond acceptors (Lipinski definition) is 7. The van der Waals surface area contributed by atoms with Crippen LogP contribution >= 0.6 is 0 Å². The second-order valence-electron chi connectivity index (χ2n) is 5.28. The number of rotatable bonds is 4. The summed E-state index contributed by atoms with van der Waals surface area (Å²) in [5.41, 5.74) is -2.37. The third-order valence-electron chi connectivity index (χ3n) is 3.80. The Hall–Kier alpha value is -3.27. The number of para-hydroxylation sites is 1. The molecule has 0 unspecified atom stereocenters. The molecule has 9 nitrogen and oxygen atoms in total. The van der Waals surface area contributed by atoms with Crippen molar-refractivity contribution in [3.05, 3.63) is 57.2 Å². The van der Waals surface area contributed by atoms with Gasteiger partial charge in [-0.2, -0.15) is 0 Å². The Morgan fingerprint density at radius 1 is 1.04 bits per heavy atom. The highest BCUT2D eigenvalue weighted by Crippen LogP contribution is 2.31. The summed E-state index contributed by atoms with van der Waals surface area (Å²) >= 11 is 0. The van der Waals surface area contributed by atoms with Gasteiger partial charge in [0.15, 0.2) is 0 Å². The lowest BCUT2D eigenvalue weighted by Gasteiger charge is -2.11. The molecule has 3 rings (SSSR count). The average Bonchev–Trinajstić information content (AvgIpc) is 2.65. The quantitative estimate of drug-likeness (QED) is 0.642. The molecule has 26 heavy (non-hydrogen) atoms. The largest absolute Gasteiger partial charge is 0.497 e. The van der Waals surface area contributed by atoms with Gasteiger partial charge in [-0.05, 0) is 24.3 Å². The van der Waals surface area contributed by atoms with Gasteiger partial charge in [0.1, 0.15) is 11.5 Å². The van der Waals surface area contributed by atoms with Gasteiger partial charge >= 0.3 is 5.69 Å². The maximum atomic E-state index is 13.1. The summed E-state index contributed by atoms with van der Waals surface area (Å²) in [6, 6.07) is 7.98. The van der Waals surface area contributed by atoms with Crippen molar-refractivity contribution in [1.82, 2.24) is 9.71 Å². The van der Waals surface area contributed by atoms with Gasteiger partial charge in [-0.1, -0.05) is 10.8 Å². The molecule has 0 fully saturated rings. The lowest BCUT2D eigenvalue weighted by Crippen LogP contribution is -2.33. The van der Waals surface area contributed by atoms with Crippen LogP contribution in [0.25, 0.3) is 10.9 Å². The maximum Gasteiger partial charge on any atom is 0.362 e. The van der Waals surface area contributed by atoms with Crippen molar-refractivity contribution in [2.75, 3.05) is 14.2 Å². The number of methoxy groups -OCH3 is 2. The molecule has 10 heteroatoms. The van der Waals surface area contributed by atoms with Gasteiger partial charge in [0, 0.05) is 6.07 Å². The Morgan fingerprint density at radius 2 is 1.65 bits per heavy atom. The fourth-order valence-corrected chi connectivity index (χ4v) is 3.98. The first-order valence-electron chi connectivity index (χ1n) is 7.25. The topological polar surface area (TPSA) is 128 Å². The van der Waals surface area contributed by atoms with Crippen LogP contribution in [0, 0.1) is 0 Å². The van der Waals surface area contributed by atoms with E-state index in [4.69, 9.17) is 9.47 Å². The first kappa shape index (κ1) is 17.5. The number of fused-ring (bicyclic) bond motifs is 1. The predicted octanol–water partition coefficient (Wildman–Crippen LogP) is 0.777. The molecule has 0 atom stereocenters. The van der Waals surface area contributed by atoms with Crippen LogP contribution in [-0.4, -0.2) is 37.6 Å². The number of benzene rings is 2. The van der Waals surface area contributed by atoms with Gasteiger partial charge in [0.25, 0.3) is 5.56 Å². The Balaban J connectivity index is 2.36. The molecule has 1 heterocycles. The summed E-state index contributed by atoms with van der Waals surface area (Å²) in [5.74, 6) is 0.517. The first-order valence-corrected chi connectivity index (χ1v) is 8.73. The number of sulfone groups is 1. The van der Waals surface area contributed by atoms with Crippen molar-refractivity contribution >= 4 is 20.7 Å². The molecule has 2 N–H and O–H groups in total. The summed E-state index contributed by atoms with van der Waals surface area (Å²) in [7, 11) is -1.38. The van der Waals surface area contributed by atoms with E-state index in [0.717, 1.165) is 0 Å². The molecule has 2 aromatic carbocycles. The molecule has 0 saturated heterocycles. The zero-order valence-electron chi connectivity index (χ0n) is 13.7. The van der Waals surface area contributed by atoms with E-state index in [0.29, 0.717) is 0 Å². The fraction of sp³-hybridized carbons (Fsp3) is 0.125. The monoisotopic (exact) mass is 378 g/mol. The Kier molecular flexibility index (Phi) is 4.20. The molecule has 0 spiro atoms. The van der Waals surface area contributed by atoms with Crippen LogP contribution in [0.5, 0.6) is 11.5 Å². The Morgan fingerprint density at radius 3 is 2.23 bits per heavy atom. The Labute approximate surface area is 146 Å². The molecular weight excluding hydrogens is 364 g/mol. The summed E-state index contributed by atoms with van der Waals surface area (Å²) in [6.07, 6.45) is 0. The maximum absolute atomic E-state index is 13.1. The average molecular weight is 378 g/mol. The minimum atomic E-state index is -4.14. The summed E-state index contributed by atoms with van der Waals surface area (Å²) < 4.78 is 36.2. The van der Waals surface area contributed by atoms with E-state index in [1.54, 1.807) is 0 Å². The van der Waals surface area contributed by atoms with E-state index in [-0.39, 0.29) is 36.9 Å². The van der Waals surface area contributed by atoms with Crippen molar-refractivity contribution in [2.45, 2.75) is 9.79 Å². The second-order valence-corrected chi connectivity index (χ2v) is 7.20. The van der Waals surface area contributed by atoms with Gasteiger partial charge in [-0.3, -0.25) is 4.79 Å².